The van der Waals surface area contributed by atoms with Gasteiger partial charge in [0.25, 0.3) is 0 Å². The highest BCUT2D eigenvalue weighted by molar-refractivity contribution is 5.54. The van der Waals surface area contributed by atoms with Crippen LogP contribution < -0.4 is 10.6 Å². The third-order valence-corrected chi connectivity index (χ3v) is 4.20. The van der Waals surface area contributed by atoms with Crippen LogP contribution in [0.1, 0.15) is 51.5 Å². The number of nitrogens with two attached hydrogens (primary N) is 1. The molecule has 19 heavy (non-hydrogen) atoms. The van der Waals surface area contributed by atoms with Gasteiger partial charge in [0.05, 0.1) is 0 Å². The van der Waals surface area contributed by atoms with E-state index in [0.29, 0.717) is 0 Å². The average Bonchev–Trinajstić information content (AvgIpc) is 2.42. The molecular weight excluding hydrogens is 232 g/mol. The summed E-state index contributed by atoms with van der Waals surface area (Å²) in [6.07, 6.45) is 7.85. The second kappa shape index (κ2) is 6.95. The van der Waals surface area contributed by atoms with Crippen molar-refractivity contribution in [2.45, 2.75) is 64.5 Å². The zero-order valence-electron chi connectivity index (χ0n) is 12.4. The van der Waals surface area contributed by atoms with Gasteiger partial charge in [-0.3, -0.25) is 0 Å². The summed E-state index contributed by atoms with van der Waals surface area (Å²) >= 11 is 0. The molecule has 0 bridgehead atoms. The molecule has 0 heterocycles. The summed E-state index contributed by atoms with van der Waals surface area (Å²) < 4.78 is 0. The van der Waals surface area contributed by atoms with E-state index in [1.54, 1.807) is 0 Å². The first kappa shape index (κ1) is 14.4. The standard InChI is InChI=1S/C17H28N2/c1-3-19(16-10-5-4-6-11-16)17-12-8-7-9-15(17)13-14(2)18/h7-9,12,14,16H,3-6,10-11,13,18H2,1-2H3. The van der Waals surface area contributed by atoms with E-state index in [9.17, 15) is 0 Å². The molecule has 0 aliphatic heterocycles. The Morgan fingerprint density at radius 2 is 1.89 bits per heavy atom. The van der Waals surface area contributed by atoms with E-state index in [4.69, 9.17) is 5.73 Å². The highest BCUT2D eigenvalue weighted by Gasteiger charge is 2.21. The van der Waals surface area contributed by atoms with E-state index < -0.39 is 0 Å². The summed E-state index contributed by atoms with van der Waals surface area (Å²) in [6, 6.07) is 9.76. The molecule has 1 aliphatic carbocycles. The molecule has 1 atom stereocenters. The van der Waals surface area contributed by atoms with Crippen LogP contribution >= 0.6 is 0 Å². The quantitative estimate of drug-likeness (QED) is 0.874. The molecule has 2 heteroatoms. The lowest BCUT2D eigenvalue weighted by molar-refractivity contribution is 0.417. The van der Waals surface area contributed by atoms with Crippen molar-refractivity contribution in [1.82, 2.24) is 0 Å². The van der Waals surface area contributed by atoms with E-state index in [0.717, 1.165) is 19.0 Å². The van der Waals surface area contributed by atoms with Gasteiger partial charge < -0.3 is 10.6 Å². The van der Waals surface area contributed by atoms with E-state index in [1.807, 2.05) is 0 Å². The molecule has 106 valence electrons. The van der Waals surface area contributed by atoms with Crippen LogP contribution in [0.5, 0.6) is 0 Å². The first-order valence-electron chi connectivity index (χ1n) is 7.82. The summed E-state index contributed by atoms with van der Waals surface area (Å²) in [7, 11) is 0. The van der Waals surface area contributed by atoms with Crippen molar-refractivity contribution >= 4 is 5.69 Å². The summed E-state index contributed by atoms with van der Waals surface area (Å²) in [5.74, 6) is 0. The number of para-hydroxylation sites is 1. The van der Waals surface area contributed by atoms with Crippen LogP contribution in [0.3, 0.4) is 0 Å². The lowest BCUT2D eigenvalue weighted by Crippen LogP contribution is -2.37. The molecule has 1 fully saturated rings. The fourth-order valence-electron chi connectivity index (χ4n) is 3.33. The molecule has 1 aliphatic rings. The Labute approximate surface area is 118 Å². The van der Waals surface area contributed by atoms with Gasteiger partial charge in [-0.1, -0.05) is 37.5 Å². The Morgan fingerprint density at radius 1 is 1.21 bits per heavy atom. The molecule has 2 N–H and O–H groups in total. The summed E-state index contributed by atoms with van der Waals surface area (Å²) in [5.41, 5.74) is 8.81. The number of benzene rings is 1. The van der Waals surface area contributed by atoms with Crippen LogP contribution in [-0.2, 0) is 6.42 Å². The van der Waals surface area contributed by atoms with Crippen molar-refractivity contribution in [1.29, 1.82) is 0 Å². The SMILES string of the molecule is CCN(c1ccccc1CC(C)N)C1CCCCC1. The minimum absolute atomic E-state index is 0.228. The monoisotopic (exact) mass is 260 g/mol. The lowest BCUT2D eigenvalue weighted by Gasteiger charge is -2.36. The summed E-state index contributed by atoms with van der Waals surface area (Å²) in [5, 5.41) is 0. The van der Waals surface area contributed by atoms with Gasteiger partial charge >= 0.3 is 0 Å². The number of rotatable bonds is 5. The number of hydrogen-bond donors (Lipinski definition) is 1. The second-order valence-corrected chi connectivity index (χ2v) is 5.89. The fraction of sp³-hybridized carbons (Fsp3) is 0.647. The van der Waals surface area contributed by atoms with Crippen LogP contribution in [0, 0.1) is 0 Å². The molecule has 0 saturated heterocycles. The maximum Gasteiger partial charge on any atom is 0.0401 e. The first-order valence-corrected chi connectivity index (χ1v) is 7.82. The number of nitrogens with zero attached hydrogens (tertiary/aromatic N) is 1. The molecule has 1 unspecified atom stereocenters. The largest absolute Gasteiger partial charge is 0.369 e. The molecule has 1 aromatic rings. The normalized spacial score (nSPS) is 18.3. The maximum atomic E-state index is 5.99. The molecule has 0 radical (unpaired) electrons. The minimum Gasteiger partial charge on any atom is -0.369 e. The Balaban J connectivity index is 2.21. The second-order valence-electron chi connectivity index (χ2n) is 5.89. The third kappa shape index (κ3) is 3.73. The molecule has 0 aromatic heterocycles. The molecule has 1 saturated carbocycles. The van der Waals surface area contributed by atoms with Crippen molar-refractivity contribution in [2.24, 2.45) is 5.73 Å². The minimum atomic E-state index is 0.228. The van der Waals surface area contributed by atoms with Gasteiger partial charge in [-0.2, -0.15) is 0 Å². The third-order valence-electron chi connectivity index (χ3n) is 4.20. The van der Waals surface area contributed by atoms with E-state index in [1.165, 1.54) is 43.4 Å². The topological polar surface area (TPSA) is 29.3 Å². The molecule has 2 nitrogen and oxygen atoms in total. The van der Waals surface area contributed by atoms with Gasteiger partial charge in [0.15, 0.2) is 0 Å². The fourth-order valence-corrected chi connectivity index (χ4v) is 3.33. The summed E-state index contributed by atoms with van der Waals surface area (Å²) in [6.45, 7) is 5.46. The van der Waals surface area contributed by atoms with Gasteiger partial charge in [0.2, 0.25) is 0 Å². The molecular formula is C17H28N2. The Kier molecular flexibility index (Phi) is 5.26. The Morgan fingerprint density at radius 3 is 2.53 bits per heavy atom. The van der Waals surface area contributed by atoms with Crippen LogP contribution in [0.15, 0.2) is 24.3 Å². The molecule has 0 amide bonds. The highest BCUT2D eigenvalue weighted by atomic mass is 15.2. The predicted octanol–water partition coefficient (Wildman–Crippen LogP) is 3.74. The van der Waals surface area contributed by atoms with Gasteiger partial charge in [-0.05, 0) is 44.7 Å². The van der Waals surface area contributed by atoms with Crippen LogP contribution in [0.2, 0.25) is 0 Å². The van der Waals surface area contributed by atoms with Crippen LogP contribution in [0.4, 0.5) is 5.69 Å². The van der Waals surface area contributed by atoms with Crippen molar-refractivity contribution < 1.29 is 0 Å². The van der Waals surface area contributed by atoms with Gasteiger partial charge in [0.1, 0.15) is 0 Å². The smallest absolute Gasteiger partial charge is 0.0401 e. The average molecular weight is 260 g/mol. The lowest BCUT2D eigenvalue weighted by atomic mass is 9.93. The summed E-state index contributed by atoms with van der Waals surface area (Å²) in [4.78, 5) is 2.61. The number of hydrogen-bond acceptors (Lipinski definition) is 2. The zero-order chi connectivity index (χ0) is 13.7. The van der Waals surface area contributed by atoms with Crippen molar-refractivity contribution in [3.8, 4) is 0 Å². The van der Waals surface area contributed by atoms with Gasteiger partial charge in [0, 0.05) is 24.3 Å². The predicted molar refractivity (Wildman–Crippen MR) is 83.7 cm³/mol. The zero-order valence-corrected chi connectivity index (χ0v) is 12.4. The number of anilines is 1. The molecule has 0 spiro atoms. The van der Waals surface area contributed by atoms with Gasteiger partial charge in [-0.25, -0.2) is 0 Å². The van der Waals surface area contributed by atoms with Crippen molar-refractivity contribution in [3.05, 3.63) is 29.8 Å². The Bertz CT molecular complexity index is 381. The maximum absolute atomic E-state index is 5.99. The van der Waals surface area contributed by atoms with Gasteiger partial charge in [-0.15, -0.1) is 0 Å². The molecule has 2 rings (SSSR count). The highest BCUT2D eigenvalue weighted by Crippen LogP contribution is 2.29. The van der Waals surface area contributed by atoms with Crippen molar-refractivity contribution in [3.63, 3.8) is 0 Å². The van der Waals surface area contributed by atoms with Crippen LogP contribution in [0.25, 0.3) is 0 Å². The van der Waals surface area contributed by atoms with Crippen molar-refractivity contribution in [2.75, 3.05) is 11.4 Å². The van der Waals surface area contributed by atoms with Crippen LogP contribution in [-0.4, -0.2) is 18.6 Å². The van der Waals surface area contributed by atoms with E-state index >= 15 is 0 Å². The first-order chi connectivity index (χ1) is 9.22. The van der Waals surface area contributed by atoms with E-state index in [2.05, 4.69) is 43.0 Å². The van der Waals surface area contributed by atoms with E-state index in [-0.39, 0.29) is 6.04 Å². The molecule has 1 aromatic carbocycles. The Hall–Kier alpha value is -1.02.